The zero-order chi connectivity index (χ0) is 13.7. The van der Waals surface area contributed by atoms with Crippen molar-refractivity contribution < 1.29 is 19.7 Å². The number of thioether (sulfide) groups is 1. The van der Waals surface area contributed by atoms with E-state index in [2.05, 4.69) is 0 Å². The third-order valence-electron chi connectivity index (χ3n) is 2.44. The second-order valence-corrected chi connectivity index (χ2v) is 5.33. The lowest BCUT2D eigenvalue weighted by molar-refractivity contribution is -0.143. The molecule has 1 aromatic carbocycles. The Bertz CT molecular complexity index is 408. The number of hydrogen-bond donors (Lipinski definition) is 2. The molecule has 0 aliphatic rings. The largest absolute Gasteiger partial charge is 0.507 e. The highest BCUT2D eigenvalue weighted by Gasteiger charge is 2.08. The molecule has 100 valence electrons. The second kappa shape index (κ2) is 6.66. The van der Waals surface area contributed by atoms with Crippen molar-refractivity contribution in [1.82, 2.24) is 0 Å². The molecule has 0 aliphatic heterocycles. The summed E-state index contributed by atoms with van der Waals surface area (Å²) in [5.74, 6) is 0.0504. The Kier molecular flexibility index (Phi) is 5.50. The monoisotopic (exact) mass is 270 g/mol. The van der Waals surface area contributed by atoms with Gasteiger partial charge in [-0.05, 0) is 44.0 Å². The average molecular weight is 270 g/mol. The number of carboxylic acids is 1. The fourth-order valence-corrected chi connectivity index (χ4v) is 2.52. The first-order valence-corrected chi connectivity index (χ1v) is 6.65. The maximum Gasteiger partial charge on any atom is 0.329 e. The van der Waals surface area contributed by atoms with E-state index in [1.807, 2.05) is 32.9 Å². The topological polar surface area (TPSA) is 66.8 Å². The maximum absolute atomic E-state index is 10.3. The van der Waals surface area contributed by atoms with Gasteiger partial charge >= 0.3 is 5.97 Å². The quantitative estimate of drug-likeness (QED) is 0.778. The summed E-state index contributed by atoms with van der Waals surface area (Å²) in [6.45, 7) is 5.29. The van der Waals surface area contributed by atoms with Crippen LogP contribution < -0.4 is 0 Å². The zero-order valence-electron chi connectivity index (χ0n) is 10.8. The normalized spacial score (nSPS) is 12.4. The first kappa shape index (κ1) is 14.9. The SMILES string of the molecule is Cc1cc(SCC(C)OCC(=O)O)cc(C)c1O. The maximum atomic E-state index is 10.3. The lowest BCUT2D eigenvalue weighted by Crippen LogP contribution is -2.17. The molecule has 0 spiro atoms. The van der Waals surface area contributed by atoms with Crippen LogP contribution in [0, 0.1) is 13.8 Å². The van der Waals surface area contributed by atoms with E-state index in [0.717, 1.165) is 16.0 Å². The van der Waals surface area contributed by atoms with Crippen LogP contribution in [0.3, 0.4) is 0 Å². The number of carbonyl (C=O) groups is 1. The van der Waals surface area contributed by atoms with E-state index < -0.39 is 5.97 Å². The number of benzene rings is 1. The molecule has 0 saturated heterocycles. The summed E-state index contributed by atoms with van der Waals surface area (Å²) in [5, 5.41) is 18.1. The Labute approximate surface area is 111 Å². The Morgan fingerprint density at radius 3 is 2.44 bits per heavy atom. The highest BCUT2D eigenvalue weighted by Crippen LogP contribution is 2.29. The summed E-state index contributed by atoms with van der Waals surface area (Å²) >= 11 is 1.59. The van der Waals surface area contributed by atoms with Crippen LogP contribution in [0.5, 0.6) is 5.75 Å². The van der Waals surface area contributed by atoms with Crippen LogP contribution in [0.25, 0.3) is 0 Å². The Morgan fingerprint density at radius 1 is 1.39 bits per heavy atom. The van der Waals surface area contributed by atoms with Gasteiger partial charge in [0.05, 0.1) is 6.10 Å². The number of aromatic hydroxyl groups is 1. The van der Waals surface area contributed by atoms with Gasteiger partial charge in [0.25, 0.3) is 0 Å². The number of ether oxygens (including phenoxy) is 1. The summed E-state index contributed by atoms with van der Waals surface area (Å²) in [6, 6.07) is 3.83. The van der Waals surface area contributed by atoms with Crippen molar-refractivity contribution in [2.75, 3.05) is 12.4 Å². The van der Waals surface area contributed by atoms with Crippen molar-refractivity contribution in [3.63, 3.8) is 0 Å². The van der Waals surface area contributed by atoms with Crippen LogP contribution in [0.2, 0.25) is 0 Å². The third-order valence-corrected chi connectivity index (χ3v) is 3.65. The molecule has 0 amide bonds. The molecular weight excluding hydrogens is 252 g/mol. The van der Waals surface area contributed by atoms with E-state index in [4.69, 9.17) is 9.84 Å². The molecule has 1 atom stereocenters. The number of rotatable bonds is 6. The molecule has 0 saturated carbocycles. The van der Waals surface area contributed by atoms with Gasteiger partial charge in [0.15, 0.2) is 0 Å². The number of aliphatic carboxylic acids is 1. The van der Waals surface area contributed by atoms with E-state index in [1.165, 1.54) is 0 Å². The van der Waals surface area contributed by atoms with E-state index in [9.17, 15) is 9.90 Å². The van der Waals surface area contributed by atoms with Crippen LogP contribution in [0.4, 0.5) is 0 Å². The highest BCUT2D eigenvalue weighted by molar-refractivity contribution is 7.99. The summed E-state index contributed by atoms with van der Waals surface area (Å²) in [5.41, 5.74) is 1.69. The number of aryl methyl sites for hydroxylation is 2. The van der Waals surface area contributed by atoms with Crippen molar-refractivity contribution in [2.45, 2.75) is 31.8 Å². The number of phenols is 1. The van der Waals surface area contributed by atoms with E-state index in [1.54, 1.807) is 11.8 Å². The van der Waals surface area contributed by atoms with Crippen LogP contribution in [0.1, 0.15) is 18.1 Å². The van der Waals surface area contributed by atoms with Gasteiger partial charge in [-0.2, -0.15) is 0 Å². The molecule has 4 nitrogen and oxygen atoms in total. The van der Waals surface area contributed by atoms with Crippen LogP contribution in [0.15, 0.2) is 17.0 Å². The second-order valence-electron chi connectivity index (χ2n) is 4.23. The molecule has 18 heavy (non-hydrogen) atoms. The summed E-state index contributed by atoms with van der Waals surface area (Å²) < 4.78 is 5.14. The highest BCUT2D eigenvalue weighted by atomic mass is 32.2. The van der Waals surface area contributed by atoms with Crippen molar-refractivity contribution in [3.8, 4) is 5.75 Å². The van der Waals surface area contributed by atoms with Gasteiger partial charge in [0.2, 0.25) is 0 Å². The molecule has 0 heterocycles. The minimum atomic E-state index is -0.955. The van der Waals surface area contributed by atoms with Crippen LogP contribution in [-0.2, 0) is 9.53 Å². The fraction of sp³-hybridized carbons (Fsp3) is 0.462. The van der Waals surface area contributed by atoms with Crippen molar-refractivity contribution in [2.24, 2.45) is 0 Å². The van der Waals surface area contributed by atoms with E-state index in [0.29, 0.717) is 11.5 Å². The first-order valence-electron chi connectivity index (χ1n) is 5.66. The number of phenolic OH excluding ortho intramolecular Hbond substituents is 1. The molecule has 1 aromatic rings. The van der Waals surface area contributed by atoms with Gasteiger partial charge in [-0.15, -0.1) is 11.8 Å². The van der Waals surface area contributed by atoms with Gasteiger partial charge in [-0.25, -0.2) is 4.79 Å². The van der Waals surface area contributed by atoms with Gasteiger partial charge in [-0.3, -0.25) is 0 Å². The minimum Gasteiger partial charge on any atom is -0.507 e. The molecule has 1 rings (SSSR count). The molecule has 2 N–H and O–H groups in total. The Hall–Kier alpha value is -1.20. The molecular formula is C13H18O4S. The molecule has 0 radical (unpaired) electrons. The molecule has 5 heteroatoms. The molecule has 0 aliphatic carbocycles. The average Bonchev–Trinajstić information content (AvgIpc) is 2.30. The summed E-state index contributed by atoms with van der Waals surface area (Å²) in [4.78, 5) is 11.4. The number of hydrogen-bond acceptors (Lipinski definition) is 4. The van der Waals surface area contributed by atoms with E-state index >= 15 is 0 Å². The zero-order valence-corrected chi connectivity index (χ0v) is 11.6. The molecule has 0 bridgehead atoms. The van der Waals surface area contributed by atoms with Gasteiger partial charge < -0.3 is 14.9 Å². The Balaban J connectivity index is 2.51. The predicted molar refractivity (Wildman–Crippen MR) is 71.4 cm³/mol. The lowest BCUT2D eigenvalue weighted by atomic mass is 10.1. The predicted octanol–water partition coefficient (Wildman–Crippen LogP) is 2.59. The van der Waals surface area contributed by atoms with Crippen molar-refractivity contribution in [1.29, 1.82) is 0 Å². The summed E-state index contributed by atoms with van der Waals surface area (Å²) in [7, 11) is 0. The third kappa shape index (κ3) is 4.58. The van der Waals surface area contributed by atoms with Crippen LogP contribution in [-0.4, -0.2) is 34.6 Å². The van der Waals surface area contributed by atoms with Gasteiger partial charge in [0, 0.05) is 10.6 Å². The molecule has 0 fully saturated rings. The van der Waals surface area contributed by atoms with Crippen molar-refractivity contribution >= 4 is 17.7 Å². The van der Waals surface area contributed by atoms with Gasteiger partial charge in [-0.1, -0.05) is 0 Å². The molecule has 1 unspecified atom stereocenters. The van der Waals surface area contributed by atoms with Crippen molar-refractivity contribution in [3.05, 3.63) is 23.3 Å². The molecule has 0 aromatic heterocycles. The standard InChI is InChI=1S/C13H18O4S/c1-8-4-11(5-9(2)13(8)16)18-7-10(3)17-6-12(14)15/h4-5,10,16H,6-7H2,1-3H3,(H,14,15). The minimum absolute atomic E-state index is 0.125. The Morgan fingerprint density at radius 2 is 1.94 bits per heavy atom. The smallest absolute Gasteiger partial charge is 0.329 e. The van der Waals surface area contributed by atoms with E-state index in [-0.39, 0.29) is 12.7 Å². The fourth-order valence-electron chi connectivity index (χ4n) is 1.47. The van der Waals surface area contributed by atoms with Gasteiger partial charge in [0.1, 0.15) is 12.4 Å². The lowest BCUT2D eigenvalue weighted by Gasteiger charge is -2.12. The summed E-state index contributed by atoms with van der Waals surface area (Å²) in [6.07, 6.45) is -0.125. The number of carboxylic acid groups (broad SMARTS) is 1. The first-order chi connectivity index (χ1) is 8.40. The van der Waals surface area contributed by atoms with Crippen LogP contribution >= 0.6 is 11.8 Å².